The average molecular weight is 241 g/mol. The molecule has 1 fully saturated rings. The van der Waals surface area contributed by atoms with Crippen LogP contribution < -0.4 is 0 Å². The molecule has 1 saturated heterocycles. The molecule has 92 valence electrons. The van der Waals surface area contributed by atoms with Gasteiger partial charge in [0.1, 0.15) is 0 Å². The first-order valence-corrected chi connectivity index (χ1v) is 5.51. The molecular formula is C12H13F2NO2. The van der Waals surface area contributed by atoms with E-state index in [1.54, 1.807) is 0 Å². The number of piperidine rings is 1. The van der Waals surface area contributed by atoms with Gasteiger partial charge in [0.05, 0.1) is 11.7 Å². The molecule has 1 amide bonds. The number of carbonyl (C=O) groups is 1. The predicted octanol–water partition coefficient (Wildman–Crippen LogP) is 1.56. The number of nitrogens with zero attached hydrogens (tertiary/aromatic N) is 1. The number of carbonyl (C=O) groups excluding carboxylic acids is 1. The minimum absolute atomic E-state index is 0.175. The molecule has 1 aromatic carbocycles. The molecule has 1 aromatic rings. The van der Waals surface area contributed by atoms with E-state index in [1.807, 2.05) is 0 Å². The van der Waals surface area contributed by atoms with Crippen molar-refractivity contribution in [1.82, 2.24) is 4.90 Å². The normalized spacial score (nSPS) is 20.4. The van der Waals surface area contributed by atoms with Gasteiger partial charge in [0.15, 0.2) is 11.6 Å². The molecule has 1 heterocycles. The van der Waals surface area contributed by atoms with Crippen LogP contribution in [0.15, 0.2) is 18.2 Å². The average Bonchev–Trinajstić information content (AvgIpc) is 2.32. The Morgan fingerprint density at radius 1 is 1.41 bits per heavy atom. The van der Waals surface area contributed by atoms with Crippen molar-refractivity contribution in [3.05, 3.63) is 35.4 Å². The van der Waals surface area contributed by atoms with E-state index in [0.29, 0.717) is 19.4 Å². The van der Waals surface area contributed by atoms with E-state index in [-0.39, 0.29) is 12.1 Å². The fourth-order valence-electron chi connectivity index (χ4n) is 1.98. The molecule has 0 bridgehead atoms. The second-order valence-electron chi connectivity index (χ2n) is 4.15. The SMILES string of the molecule is O=C(c1cccc(F)c1F)N1CCC[C@H](O)C1. The highest BCUT2D eigenvalue weighted by atomic mass is 19.2. The van der Waals surface area contributed by atoms with Gasteiger partial charge in [-0.15, -0.1) is 0 Å². The number of aliphatic hydroxyl groups is 1. The summed E-state index contributed by atoms with van der Waals surface area (Å²) >= 11 is 0. The van der Waals surface area contributed by atoms with Crippen molar-refractivity contribution >= 4 is 5.91 Å². The summed E-state index contributed by atoms with van der Waals surface area (Å²) < 4.78 is 26.4. The second kappa shape index (κ2) is 4.79. The lowest BCUT2D eigenvalue weighted by Crippen LogP contribution is -2.42. The largest absolute Gasteiger partial charge is 0.391 e. The van der Waals surface area contributed by atoms with Crippen molar-refractivity contribution < 1.29 is 18.7 Å². The number of halogens is 2. The zero-order valence-corrected chi connectivity index (χ0v) is 9.20. The van der Waals surface area contributed by atoms with Crippen LogP contribution in [0.2, 0.25) is 0 Å². The van der Waals surface area contributed by atoms with E-state index in [2.05, 4.69) is 0 Å². The maximum absolute atomic E-state index is 13.4. The molecule has 5 heteroatoms. The highest BCUT2D eigenvalue weighted by Gasteiger charge is 2.25. The first kappa shape index (κ1) is 12.0. The Bertz CT molecular complexity index is 437. The maximum atomic E-state index is 13.4. The molecule has 1 N–H and O–H groups in total. The number of likely N-dealkylation sites (tertiary alicyclic amines) is 1. The van der Waals surface area contributed by atoms with Crippen molar-refractivity contribution in [3.63, 3.8) is 0 Å². The number of aliphatic hydroxyl groups excluding tert-OH is 1. The number of benzene rings is 1. The van der Waals surface area contributed by atoms with Crippen molar-refractivity contribution in [2.24, 2.45) is 0 Å². The standard InChI is InChI=1S/C12H13F2NO2/c13-10-5-1-4-9(11(10)14)12(17)15-6-2-3-8(16)7-15/h1,4-5,8,16H,2-3,6-7H2/t8-/m0/s1. The molecule has 0 radical (unpaired) electrons. The maximum Gasteiger partial charge on any atom is 0.257 e. The summed E-state index contributed by atoms with van der Waals surface area (Å²) in [7, 11) is 0. The van der Waals surface area contributed by atoms with Gasteiger partial charge in [-0.3, -0.25) is 4.79 Å². The molecule has 0 aromatic heterocycles. The van der Waals surface area contributed by atoms with E-state index in [0.717, 1.165) is 6.07 Å². The number of hydrogen-bond acceptors (Lipinski definition) is 2. The Labute approximate surface area is 97.7 Å². The van der Waals surface area contributed by atoms with Gasteiger partial charge in [-0.2, -0.15) is 0 Å². The van der Waals surface area contributed by atoms with Gasteiger partial charge >= 0.3 is 0 Å². The van der Waals surface area contributed by atoms with Crippen molar-refractivity contribution in [2.75, 3.05) is 13.1 Å². The van der Waals surface area contributed by atoms with Gasteiger partial charge in [-0.05, 0) is 25.0 Å². The van der Waals surface area contributed by atoms with Crippen molar-refractivity contribution in [2.45, 2.75) is 18.9 Å². The molecule has 1 aliphatic rings. The molecule has 3 nitrogen and oxygen atoms in total. The summed E-state index contributed by atoms with van der Waals surface area (Å²) in [4.78, 5) is 13.3. The first-order valence-electron chi connectivity index (χ1n) is 5.51. The van der Waals surface area contributed by atoms with Gasteiger partial charge in [0.25, 0.3) is 5.91 Å². The summed E-state index contributed by atoms with van der Waals surface area (Å²) in [6.07, 6.45) is 0.725. The first-order chi connectivity index (χ1) is 8.09. The summed E-state index contributed by atoms with van der Waals surface area (Å²) in [5.41, 5.74) is -0.279. The number of rotatable bonds is 1. The molecule has 0 aliphatic carbocycles. The second-order valence-corrected chi connectivity index (χ2v) is 4.15. The molecule has 0 unspecified atom stereocenters. The highest BCUT2D eigenvalue weighted by Crippen LogP contribution is 2.17. The van der Waals surface area contributed by atoms with Gasteiger partial charge in [0.2, 0.25) is 0 Å². The predicted molar refractivity (Wildman–Crippen MR) is 57.5 cm³/mol. The third kappa shape index (κ3) is 2.44. The third-order valence-electron chi connectivity index (χ3n) is 2.87. The third-order valence-corrected chi connectivity index (χ3v) is 2.87. The van der Waals surface area contributed by atoms with Crippen LogP contribution in [0.4, 0.5) is 8.78 Å². The lowest BCUT2D eigenvalue weighted by Gasteiger charge is -2.30. The van der Waals surface area contributed by atoms with Crippen LogP contribution >= 0.6 is 0 Å². The van der Waals surface area contributed by atoms with Gasteiger partial charge < -0.3 is 10.0 Å². The van der Waals surface area contributed by atoms with Crippen molar-refractivity contribution in [1.29, 1.82) is 0 Å². The molecule has 1 atom stereocenters. The molecule has 17 heavy (non-hydrogen) atoms. The smallest absolute Gasteiger partial charge is 0.257 e. The molecule has 1 aliphatic heterocycles. The molecular weight excluding hydrogens is 228 g/mol. The Kier molecular flexibility index (Phi) is 3.38. The Hall–Kier alpha value is -1.49. The number of hydrogen-bond donors (Lipinski definition) is 1. The Balaban J connectivity index is 2.22. The zero-order chi connectivity index (χ0) is 12.4. The summed E-state index contributed by atoms with van der Waals surface area (Å²) in [5, 5.41) is 9.44. The Morgan fingerprint density at radius 2 is 2.18 bits per heavy atom. The van der Waals surface area contributed by atoms with Gasteiger partial charge in [0, 0.05) is 13.1 Å². The Morgan fingerprint density at radius 3 is 2.88 bits per heavy atom. The molecule has 2 rings (SSSR count). The van der Waals surface area contributed by atoms with Crippen LogP contribution in [0.3, 0.4) is 0 Å². The lowest BCUT2D eigenvalue weighted by atomic mass is 10.1. The highest BCUT2D eigenvalue weighted by molar-refractivity contribution is 5.94. The van der Waals surface area contributed by atoms with Crippen LogP contribution in [-0.4, -0.2) is 35.1 Å². The fourth-order valence-corrected chi connectivity index (χ4v) is 1.98. The summed E-state index contributed by atoms with van der Waals surface area (Å²) in [6, 6.07) is 3.52. The quantitative estimate of drug-likeness (QED) is 0.810. The van der Waals surface area contributed by atoms with E-state index < -0.39 is 23.6 Å². The minimum Gasteiger partial charge on any atom is -0.391 e. The van der Waals surface area contributed by atoms with Gasteiger partial charge in [-0.25, -0.2) is 8.78 Å². The van der Waals surface area contributed by atoms with Crippen LogP contribution in [0, 0.1) is 11.6 Å². The van der Waals surface area contributed by atoms with Gasteiger partial charge in [-0.1, -0.05) is 6.07 Å². The zero-order valence-electron chi connectivity index (χ0n) is 9.20. The number of β-amino-alcohol motifs (C(OH)–C–C–N with tert-alkyl or cyclic N) is 1. The fraction of sp³-hybridized carbons (Fsp3) is 0.417. The van der Waals surface area contributed by atoms with E-state index >= 15 is 0 Å². The lowest BCUT2D eigenvalue weighted by molar-refractivity contribution is 0.0469. The van der Waals surface area contributed by atoms with Crippen LogP contribution in [0.25, 0.3) is 0 Å². The van der Waals surface area contributed by atoms with Crippen LogP contribution in [0.1, 0.15) is 23.2 Å². The van der Waals surface area contributed by atoms with Crippen molar-refractivity contribution in [3.8, 4) is 0 Å². The number of amides is 1. The van der Waals surface area contributed by atoms with E-state index in [1.165, 1.54) is 17.0 Å². The van der Waals surface area contributed by atoms with Crippen LogP contribution in [0.5, 0.6) is 0 Å². The monoisotopic (exact) mass is 241 g/mol. The topological polar surface area (TPSA) is 40.5 Å². The molecule has 0 saturated carbocycles. The summed E-state index contributed by atoms with van der Waals surface area (Å²) in [6.45, 7) is 0.640. The molecule has 0 spiro atoms. The van der Waals surface area contributed by atoms with E-state index in [9.17, 15) is 18.7 Å². The minimum atomic E-state index is -1.13. The van der Waals surface area contributed by atoms with E-state index in [4.69, 9.17) is 0 Å². The summed E-state index contributed by atoms with van der Waals surface area (Å²) in [5.74, 6) is -2.73. The van der Waals surface area contributed by atoms with Crippen LogP contribution in [-0.2, 0) is 0 Å².